The second kappa shape index (κ2) is 8.74. The molecule has 1 aromatic rings. The highest BCUT2D eigenvalue weighted by Crippen LogP contribution is 2.35. The summed E-state index contributed by atoms with van der Waals surface area (Å²) in [6.07, 6.45) is -2.22. The summed E-state index contributed by atoms with van der Waals surface area (Å²) in [6, 6.07) is 0.203. The molecule has 1 aliphatic rings. The van der Waals surface area contributed by atoms with Gasteiger partial charge in [-0.2, -0.15) is 0 Å². The van der Waals surface area contributed by atoms with Crippen LogP contribution in [0.5, 0.6) is 5.75 Å². The molecule has 1 aliphatic heterocycles. The Morgan fingerprint density at radius 3 is 2.31 bits per heavy atom. The number of alkyl carbamates (subject to hydrolysis) is 1. The number of imide groups is 2. The summed E-state index contributed by atoms with van der Waals surface area (Å²) in [5, 5.41) is 1.69. The first-order valence-electron chi connectivity index (χ1n) is 8.05. The lowest BCUT2D eigenvalue weighted by molar-refractivity contribution is -0.126. The van der Waals surface area contributed by atoms with Gasteiger partial charge in [0.05, 0.1) is 17.8 Å². The van der Waals surface area contributed by atoms with Gasteiger partial charge in [0, 0.05) is 20.2 Å². The second-order valence-corrected chi connectivity index (χ2v) is 6.81. The van der Waals surface area contributed by atoms with E-state index in [1.807, 2.05) is 5.32 Å². The maximum absolute atomic E-state index is 14.5. The lowest BCUT2D eigenvalue weighted by Crippen LogP contribution is -2.62. The summed E-state index contributed by atoms with van der Waals surface area (Å²) in [6.45, 7) is 1.31. The van der Waals surface area contributed by atoms with Gasteiger partial charge in [-0.05, 0) is 13.0 Å². The van der Waals surface area contributed by atoms with E-state index in [1.54, 1.807) is 0 Å². The molecule has 1 N–H and O–H groups in total. The molecule has 1 unspecified atom stereocenters. The maximum Gasteiger partial charge on any atom is 0.413 e. The molecule has 29 heavy (non-hydrogen) atoms. The fraction of sp³-hybridized carbons (Fsp3) is 0.375. The fourth-order valence-corrected chi connectivity index (χ4v) is 2.73. The molecule has 0 bridgehead atoms. The number of urea groups is 2. The van der Waals surface area contributed by atoms with E-state index in [0.717, 1.165) is 29.0 Å². The van der Waals surface area contributed by atoms with Crippen molar-refractivity contribution >= 4 is 54.0 Å². The van der Waals surface area contributed by atoms with Gasteiger partial charge in [0.25, 0.3) is 5.91 Å². The minimum atomic E-state index is -1.23. The van der Waals surface area contributed by atoms with Crippen molar-refractivity contribution in [2.75, 3.05) is 26.1 Å². The van der Waals surface area contributed by atoms with E-state index in [4.69, 9.17) is 16.3 Å². The number of carbonyl (C=O) groups excluding carboxylic acids is 4. The maximum atomic E-state index is 14.5. The molecule has 0 spiro atoms. The molecular formula is C16H18ClFN4O6S. The predicted molar refractivity (Wildman–Crippen MR) is 104 cm³/mol. The molecule has 1 fully saturated rings. The van der Waals surface area contributed by atoms with Crippen molar-refractivity contribution in [3.05, 3.63) is 23.0 Å². The average Bonchev–Trinajstić information content (AvgIpc) is 2.67. The lowest BCUT2D eigenvalue weighted by Gasteiger charge is -2.41. The summed E-state index contributed by atoms with van der Waals surface area (Å²) in [5.74, 6) is -1.99. The number of anilines is 1. The number of amides is 6. The van der Waals surface area contributed by atoms with E-state index in [-0.39, 0.29) is 10.8 Å². The fourth-order valence-electron chi connectivity index (χ4n) is 2.34. The van der Waals surface area contributed by atoms with Gasteiger partial charge < -0.3 is 9.47 Å². The third-order valence-electron chi connectivity index (χ3n) is 4.00. The molecule has 6 amide bonds. The number of ether oxygens (including phenoxy) is 2. The molecule has 0 aliphatic carbocycles. The Hall–Kier alpha value is -2.73. The van der Waals surface area contributed by atoms with Crippen molar-refractivity contribution in [3.8, 4) is 5.75 Å². The zero-order chi connectivity index (χ0) is 22.0. The molecular weight excluding hydrogens is 431 g/mol. The van der Waals surface area contributed by atoms with Gasteiger partial charge in [-0.25, -0.2) is 23.7 Å². The van der Waals surface area contributed by atoms with Crippen LogP contribution < -0.4 is 15.0 Å². The highest BCUT2D eigenvalue weighted by atomic mass is 35.5. The molecule has 1 aromatic carbocycles. The quantitative estimate of drug-likeness (QED) is 0.684. The Kier molecular flexibility index (Phi) is 6.80. The Balaban J connectivity index is 2.36. The molecule has 1 saturated heterocycles. The number of rotatable bonds is 4. The molecule has 1 atom stereocenters. The first-order chi connectivity index (χ1) is 13.5. The van der Waals surface area contributed by atoms with E-state index < -0.39 is 47.2 Å². The van der Waals surface area contributed by atoms with Crippen LogP contribution in [0.1, 0.15) is 6.92 Å². The van der Waals surface area contributed by atoms with Gasteiger partial charge in [-0.15, -0.1) is 12.6 Å². The number of nitrogens with one attached hydrogen (secondary N) is 1. The molecule has 2 rings (SSSR count). The SMILES string of the molecule is COC(=O)NC(=O)C(C)Oc1cc(N2C(=O)N(C)C(S)N(C)C2=O)c(F)cc1Cl. The number of halogens is 2. The van der Waals surface area contributed by atoms with Crippen LogP contribution in [0.3, 0.4) is 0 Å². The van der Waals surface area contributed by atoms with E-state index in [0.29, 0.717) is 4.90 Å². The Morgan fingerprint density at radius 1 is 1.24 bits per heavy atom. The Bertz CT molecular complexity index is 850. The molecule has 10 nitrogen and oxygen atoms in total. The van der Waals surface area contributed by atoms with E-state index >= 15 is 0 Å². The standard InChI is InChI=1S/C16H18ClFN4O6S/c1-7(12(23)19-13(24)27-4)28-11-6-10(9(18)5-8(11)17)22-14(25)20(2)16(29)21(3)15(22)26/h5-7,16,29H,1-4H3,(H,19,23,24). The summed E-state index contributed by atoms with van der Waals surface area (Å²) >= 11 is 10.1. The Labute approximate surface area is 175 Å². The summed E-state index contributed by atoms with van der Waals surface area (Å²) < 4.78 is 24.2. The third-order valence-corrected chi connectivity index (χ3v) is 4.99. The predicted octanol–water partition coefficient (Wildman–Crippen LogP) is 2.27. The van der Waals surface area contributed by atoms with Crippen molar-refractivity contribution in [1.29, 1.82) is 0 Å². The monoisotopic (exact) mass is 448 g/mol. The highest BCUT2D eigenvalue weighted by molar-refractivity contribution is 7.80. The van der Waals surface area contributed by atoms with Gasteiger partial charge in [0.15, 0.2) is 11.6 Å². The van der Waals surface area contributed by atoms with Crippen LogP contribution in [0, 0.1) is 5.82 Å². The van der Waals surface area contributed by atoms with Crippen LogP contribution in [0.25, 0.3) is 0 Å². The number of thiol groups is 1. The van der Waals surface area contributed by atoms with Gasteiger partial charge >= 0.3 is 18.2 Å². The third kappa shape index (κ3) is 4.48. The van der Waals surface area contributed by atoms with Gasteiger partial charge in [-0.1, -0.05) is 11.6 Å². The van der Waals surface area contributed by atoms with Gasteiger partial charge in [-0.3, -0.25) is 19.9 Å². The molecule has 0 radical (unpaired) electrons. The smallest absolute Gasteiger partial charge is 0.413 e. The molecule has 1 heterocycles. The van der Waals surface area contributed by atoms with Crippen molar-refractivity contribution in [1.82, 2.24) is 15.1 Å². The zero-order valence-corrected chi connectivity index (χ0v) is 17.5. The van der Waals surface area contributed by atoms with Crippen molar-refractivity contribution < 1.29 is 33.0 Å². The van der Waals surface area contributed by atoms with Gasteiger partial charge in [0.2, 0.25) is 0 Å². The average molecular weight is 449 g/mol. The molecule has 0 aromatic heterocycles. The lowest BCUT2D eigenvalue weighted by atomic mass is 10.2. The van der Waals surface area contributed by atoms with Crippen molar-refractivity contribution in [2.24, 2.45) is 0 Å². The first kappa shape index (κ1) is 22.6. The summed E-state index contributed by atoms with van der Waals surface area (Å²) in [7, 11) is 3.86. The second-order valence-electron chi connectivity index (χ2n) is 5.94. The number of benzene rings is 1. The van der Waals surface area contributed by atoms with Crippen LogP contribution in [-0.2, 0) is 9.53 Å². The molecule has 13 heteroatoms. The van der Waals surface area contributed by atoms with Crippen LogP contribution in [0.15, 0.2) is 12.1 Å². The van der Waals surface area contributed by atoms with Crippen molar-refractivity contribution in [3.63, 3.8) is 0 Å². The number of hydrogen-bond acceptors (Lipinski definition) is 7. The van der Waals surface area contributed by atoms with E-state index in [2.05, 4.69) is 17.4 Å². The van der Waals surface area contributed by atoms with Crippen LogP contribution in [-0.4, -0.2) is 66.7 Å². The number of carbonyl (C=O) groups is 4. The topological polar surface area (TPSA) is 108 Å². The van der Waals surface area contributed by atoms with Crippen LogP contribution in [0.2, 0.25) is 5.02 Å². The summed E-state index contributed by atoms with van der Waals surface area (Å²) in [5.41, 5.74) is -1.27. The Morgan fingerprint density at radius 2 is 1.79 bits per heavy atom. The van der Waals surface area contributed by atoms with Crippen LogP contribution in [0.4, 0.5) is 24.5 Å². The number of methoxy groups -OCH3 is 1. The minimum absolute atomic E-state index is 0.186. The number of hydrogen-bond donors (Lipinski definition) is 2. The molecule has 0 saturated carbocycles. The minimum Gasteiger partial charge on any atom is -0.479 e. The molecule has 158 valence electrons. The highest BCUT2D eigenvalue weighted by Gasteiger charge is 2.41. The van der Waals surface area contributed by atoms with Gasteiger partial charge in [0.1, 0.15) is 11.6 Å². The normalized spacial score (nSPS) is 16.0. The zero-order valence-electron chi connectivity index (χ0n) is 15.8. The van der Waals surface area contributed by atoms with Crippen LogP contribution >= 0.6 is 24.2 Å². The summed E-state index contributed by atoms with van der Waals surface area (Å²) in [4.78, 5) is 50.9. The number of nitrogens with zero attached hydrogens (tertiary/aromatic N) is 3. The first-order valence-corrected chi connectivity index (χ1v) is 8.95. The van der Waals surface area contributed by atoms with Crippen molar-refractivity contribution in [2.45, 2.75) is 18.5 Å². The van der Waals surface area contributed by atoms with E-state index in [1.165, 1.54) is 21.0 Å². The van der Waals surface area contributed by atoms with E-state index in [9.17, 15) is 23.6 Å². The largest absolute Gasteiger partial charge is 0.479 e.